The summed E-state index contributed by atoms with van der Waals surface area (Å²) in [6.45, 7) is 10.6. The second kappa shape index (κ2) is 7.85. The molecule has 5 rings (SSSR count). The van der Waals surface area contributed by atoms with Crippen LogP contribution < -0.4 is 0 Å². The Morgan fingerprint density at radius 2 is 1.50 bits per heavy atom. The van der Waals surface area contributed by atoms with Crippen LogP contribution in [-0.4, -0.2) is 4.98 Å². The van der Waals surface area contributed by atoms with Crippen molar-refractivity contribution in [3.05, 3.63) is 90.1 Å². The van der Waals surface area contributed by atoms with Gasteiger partial charge in [-0.1, -0.05) is 63.2 Å². The molecule has 3 aromatic carbocycles. The number of rotatable bonds is 3. The van der Waals surface area contributed by atoms with E-state index in [9.17, 15) is 5.26 Å². The van der Waals surface area contributed by atoms with Crippen molar-refractivity contribution in [2.75, 3.05) is 0 Å². The van der Waals surface area contributed by atoms with Gasteiger partial charge in [0.25, 0.3) is 0 Å². The molecule has 0 fully saturated rings. The van der Waals surface area contributed by atoms with Gasteiger partial charge in [-0.2, -0.15) is 5.26 Å². The number of benzene rings is 3. The van der Waals surface area contributed by atoms with Gasteiger partial charge in [0.05, 0.1) is 17.2 Å². The monoisotopic (exact) mass is 444 g/mol. The van der Waals surface area contributed by atoms with E-state index < -0.39 is 5.41 Å². The number of fused-ring (bicyclic) bond motifs is 2. The minimum atomic E-state index is -0.709. The van der Waals surface area contributed by atoms with Crippen molar-refractivity contribution >= 4 is 21.7 Å². The third-order valence-corrected chi connectivity index (χ3v) is 6.51. The quantitative estimate of drug-likeness (QED) is 0.281. The van der Waals surface area contributed by atoms with Gasteiger partial charge < -0.3 is 4.42 Å². The summed E-state index contributed by atoms with van der Waals surface area (Å²) in [7, 11) is 0. The lowest BCUT2D eigenvalue weighted by atomic mass is 9.81. The summed E-state index contributed by atoms with van der Waals surface area (Å²) in [4.78, 5) is 4.84. The average Bonchev–Trinajstić information content (AvgIpc) is 3.26. The van der Waals surface area contributed by atoms with E-state index in [-0.39, 0.29) is 5.41 Å². The van der Waals surface area contributed by atoms with Crippen molar-refractivity contribution in [1.82, 2.24) is 4.98 Å². The maximum Gasteiger partial charge on any atom is 0.135 e. The highest BCUT2D eigenvalue weighted by Gasteiger charge is 2.27. The summed E-state index contributed by atoms with van der Waals surface area (Å²) in [6, 6.07) is 27.5. The molecule has 168 valence electrons. The van der Waals surface area contributed by atoms with E-state index in [4.69, 9.17) is 9.40 Å². The Kier molecular flexibility index (Phi) is 5.06. The standard InChI is InChI=1S/C31H28N2O/c1-30(2,3)25-15-22(14-20-10-6-8-12-23(20)25)27-17-24(26(18-33-27)31(4,5)19-32)29-16-21-11-7-9-13-28(21)34-29/h6-18H,1-5H3. The number of nitrogens with zero attached hydrogens (tertiary/aromatic N) is 2. The highest BCUT2D eigenvalue weighted by atomic mass is 16.3. The summed E-state index contributed by atoms with van der Waals surface area (Å²) in [5.41, 5.74) is 5.07. The molecule has 3 nitrogen and oxygen atoms in total. The lowest BCUT2D eigenvalue weighted by molar-refractivity contribution is 0.596. The molecule has 34 heavy (non-hydrogen) atoms. The number of pyridine rings is 1. The second-order valence-electron chi connectivity index (χ2n) is 10.5. The van der Waals surface area contributed by atoms with Crippen LogP contribution in [0.4, 0.5) is 0 Å². The molecule has 0 saturated heterocycles. The molecule has 0 bridgehead atoms. The molecule has 0 amide bonds. The van der Waals surface area contributed by atoms with Gasteiger partial charge in [0.15, 0.2) is 0 Å². The van der Waals surface area contributed by atoms with Crippen LogP contribution in [0, 0.1) is 11.3 Å². The van der Waals surface area contributed by atoms with Gasteiger partial charge in [-0.05, 0) is 65.9 Å². The molecule has 0 atom stereocenters. The van der Waals surface area contributed by atoms with Crippen molar-refractivity contribution < 1.29 is 4.42 Å². The van der Waals surface area contributed by atoms with Gasteiger partial charge >= 0.3 is 0 Å². The molecule has 0 spiro atoms. The average molecular weight is 445 g/mol. The first-order valence-corrected chi connectivity index (χ1v) is 11.6. The van der Waals surface area contributed by atoms with Crippen molar-refractivity contribution in [2.24, 2.45) is 0 Å². The third kappa shape index (κ3) is 3.76. The number of aromatic nitrogens is 1. The van der Waals surface area contributed by atoms with Crippen molar-refractivity contribution in [3.63, 3.8) is 0 Å². The lowest BCUT2D eigenvalue weighted by Crippen LogP contribution is -2.16. The number of furan rings is 1. The first-order valence-electron chi connectivity index (χ1n) is 11.6. The molecule has 2 heterocycles. The SMILES string of the molecule is CC(C)(C)c1cc(-c2cc(-c3cc4ccccc4o3)c(C(C)(C)C#N)cn2)cc2ccccc12. The Labute approximate surface area is 200 Å². The molecule has 0 unspecified atom stereocenters. The molecule has 0 aliphatic heterocycles. The van der Waals surface area contributed by atoms with E-state index in [0.717, 1.165) is 39.1 Å². The molecule has 0 N–H and O–H groups in total. The summed E-state index contributed by atoms with van der Waals surface area (Å²) in [5.74, 6) is 0.750. The van der Waals surface area contributed by atoms with Crippen LogP contribution in [0.5, 0.6) is 0 Å². The molecule has 0 aliphatic rings. The zero-order valence-electron chi connectivity index (χ0n) is 20.3. The van der Waals surface area contributed by atoms with Crippen LogP contribution in [0.1, 0.15) is 45.7 Å². The third-order valence-electron chi connectivity index (χ3n) is 6.51. The topological polar surface area (TPSA) is 49.8 Å². The van der Waals surface area contributed by atoms with Crippen molar-refractivity contribution in [1.29, 1.82) is 5.26 Å². The molecular formula is C31H28N2O. The van der Waals surface area contributed by atoms with Crippen LogP contribution in [0.25, 0.3) is 44.3 Å². The highest BCUT2D eigenvalue weighted by Crippen LogP contribution is 2.39. The van der Waals surface area contributed by atoms with Gasteiger partial charge in [0.2, 0.25) is 0 Å². The van der Waals surface area contributed by atoms with E-state index in [2.05, 4.69) is 69.3 Å². The van der Waals surface area contributed by atoms with E-state index in [1.807, 2.05) is 50.4 Å². The highest BCUT2D eigenvalue weighted by molar-refractivity contribution is 5.91. The smallest absolute Gasteiger partial charge is 0.135 e. The van der Waals surface area contributed by atoms with E-state index in [0.29, 0.717) is 0 Å². The molecule has 5 aromatic rings. The molecule has 2 aromatic heterocycles. The Morgan fingerprint density at radius 3 is 2.21 bits per heavy atom. The van der Waals surface area contributed by atoms with Gasteiger partial charge in [-0.25, -0.2) is 0 Å². The summed E-state index contributed by atoms with van der Waals surface area (Å²) in [5, 5.41) is 13.4. The second-order valence-corrected chi connectivity index (χ2v) is 10.5. The minimum absolute atomic E-state index is 0.0140. The Balaban J connectivity index is 1.77. The maximum absolute atomic E-state index is 9.88. The predicted octanol–water partition coefficient (Wildman–Crippen LogP) is 8.41. The van der Waals surface area contributed by atoms with Crippen LogP contribution in [0.15, 0.2) is 83.4 Å². The van der Waals surface area contributed by atoms with E-state index in [1.165, 1.54) is 16.3 Å². The fourth-order valence-electron chi connectivity index (χ4n) is 4.57. The van der Waals surface area contributed by atoms with Gasteiger partial charge in [-0.15, -0.1) is 0 Å². The maximum atomic E-state index is 9.88. The zero-order valence-corrected chi connectivity index (χ0v) is 20.3. The molecule has 0 aliphatic carbocycles. The van der Waals surface area contributed by atoms with Crippen LogP contribution in [-0.2, 0) is 10.8 Å². The van der Waals surface area contributed by atoms with Crippen LogP contribution in [0.2, 0.25) is 0 Å². The first-order chi connectivity index (χ1) is 16.2. The Bertz CT molecular complexity index is 1540. The largest absolute Gasteiger partial charge is 0.456 e. The first kappa shape index (κ1) is 21.9. The Morgan fingerprint density at radius 1 is 0.794 bits per heavy atom. The molecule has 3 heteroatoms. The van der Waals surface area contributed by atoms with Gasteiger partial charge in [0.1, 0.15) is 11.3 Å². The lowest BCUT2D eigenvalue weighted by Gasteiger charge is -2.23. The number of hydrogen-bond donors (Lipinski definition) is 0. The normalized spacial score (nSPS) is 12.2. The van der Waals surface area contributed by atoms with Crippen LogP contribution in [0.3, 0.4) is 0 Å². The zero-order chi connectivity index (χ0) is 24.1. The van der Waals surface area contributed by atoms with E-state index in [1.54, 1.807) is 0 Å². The van der Waals surface area contributed by atoms with Gasteiger partial charge in [0, 0.05) is 28.3 Å². The Hall–Kier alpha value is -3.90. The fraction of sp³-hybridized carbons (Fsp3) is 0.226. The molecular weight excluding hydrogens is 416 g/mol. The van der Waals surface area contributed by atoms with Crippen molar-refractivity contribution in [3.8, 4) is 28.7 Å². The summed E-state index contributed by atoms with van der Waals surface area (Å²) < 4.78 is 6.24. The van der Waals surface area contributed by atoms with Crippen molar-refractivity contribution in [2.45, 2.75) is 45.4 Å². The summed E-state index contributed by atoms with van der Waals surface area (Å²) >= 11 is 0. The number of nitriles is 1. The fourth-order valence-corrected chi connectivity index (χ4v) is 4.57. The van der Waals surface area contributed by atoms with Crippen LogP contribution >= 0.6 is 0 Å². The minimum Gasteiger partial charge on any atom is -0.456 e. The van der Waals surface area contributed by atoms with Gasteiger partial charge in [-0.3, -0.25) is 4.98 Å². The summed E-state index contributed by atoms with van der Waals surface area (Å²) in [6.07, 6.45) is 1.84. The molecule has 0 radical (unpaired) electrons. The number of para-hydroxylation sites is 1. The predicted molar refractivity (Wildman–Crippen MR) is 140 cm³/mol. The molecule has 0 saturated carbocycles. The van der Waals surface area contributed by atoms with E-state index >= 15 is 0 Å². The number of hydrogen-bond acceptors (Lipinski definition) is 3.